The summed E-state index contributed by atoms with van der Waals surface area (Å²) in [6.07, 6.45) is 3.00. The summed E-state index contributed by atoms with van der Waals surface area (Å²) in [5.41, 5.74) is 2.40. The SMILES string of the molecule is CCc1ccc(CNC)nc1. The molecule has 0 amide bonds. The maximum absolute atomic E-state index is 4.28. The molecule has 0 saturated carbocycles. The molecule has 11 heavy (non-hydrogen) atoms. The van der Waals surface area contributed by atoms with E-state index in [-0.39, 0.29) is 0 Å². The van der Waals surface area contributed by atoms with Crippen LogP contribution >= 0.6 is 0 Å². The van der Waals surface area contributed by atoms with Gasteiger partial charge in [0, 0.05) is 12.7 Å². The van der Waals surface area contributed by atoms with Crippen LogP contribution in [0.4, 0.5) is 0 Å². The first-order valence-corrected chi connectivity index (χ1v) is 3.95. The maximum Gasteiger partial charge on any atom is 0.0541 e. The van der Waals surface area contributed by atoms with Crippen LogP contribution in [0.25, 0.3) is 0 Å². The van der Waals surface area contributed by atoms with Gasteiger partial charge < -0.3 is 5.32 Å². The summed E-state index contributed by atoms with van der Waals surface area (Å²) >= 11 is 0. The molecule has 0 unspecified atom stereocenters. The molecular weight excluding hydrogens is 136 g/mol. The molecule has 0 spiro atoms. The number of rotatable bonds is 3. The molecule has 2 nitrogen and oxygen atoms in total. The maximum atomic E-state index is 4.28. The normalized spacial score (nSPS) is 10.0. The second kappa shape index (κ2) is 4.09. The molecule has 1 aromatic heterocycles. The lowest BCUT2D eigenvalue weighted by atomic mass is 10.2. The molecular formula is C9H14N2. The molecule has 1 aromatic rings. The second-order valence-corrected chi connectivity index (χ2v) is 2.54. The van der Waals surface area contributed by atoms with Gasteiger partial charge in [-0.3, -0.25) is 4.98 Å². The van der Waals surface area contributed by atoms with Crippen molar-refractivity contribution in [3.8, 4) is 0 Å². The predicted molar refractivity (Wildman–Crippen MR) is 46.4 cm³/mol. The van der Waals surface area contributed by atoms with Gasteiger partial charge in [0.05, 0.1) is 5.69 Å². The van der Waals surface area contributed by atoms with Gasteiger partial charge in [-0.1, -0.05) is 13.0 Å². The highest BCUT2D eigenvalue weighted by Gasteiger charge is 1.91. The predicted octanol–water partition coefficient (Wildman–Crippen LogP) is 1.36. The highest BCUT2D eigenvalue weighted by atomic mass is 14.8. The second-order valence-electron chi connectivity index (χ2n) is 2.54. The summed E-state index contributed by atoms with van der Waals surface area (Å²) in [5, 5.41) is 3.06. The minimum Gasteiger partial charge on any atom is -0.314 e. The molecule has 0 aliphatic heterocycles. The zero-order valence-electron chi connectivity index (χ0n) is 7.09. The van der Waals surface area contributed by atoms with E-state index in [0.717, 1.165) is 18.7 Å². The van der Waals surface area contributed by atoms with Crippen LogP contribution in [-0.2, 0) is 13.0 Å². The van der Waals surface area contributed by atoms with Crippen molar-refractivity contribution in [1.82, 2.24) is 10.3 Å². The van der Waals surface area contributed by atoms with Crippen LogP contribution in [0.3, 0.4) is 0 Å². The van der Waals surface area contributed by atoms with Gasteiger partial charge in [0.25, 0.3) is 0 Å². The summed E-state index contributed by atoms with van der Waals surface area (Å²) in [5.74, 6) is 0. The van der Waals surface area contributed by atoms with E-state index in [4.69, 9.17) is 0 Å². The van der Waals surface area contributed by atoms with Crippen molar-refractivity contribution in [2.75, 3.05) is 7.05 Å². The third-order valence-corrected chi connectivity index (χ3v) is 1.65. The largest absolute Gasteiger partial charge is 0.314 e. The molecule has 1 rings (SSSR count). The number of nitrogens with one attached hydrogen (secondary N) is 1. The number of pyridine rings is 1. The van der Waals surface area contributed by atoms with Crippen molar-refractivity contribution in [3.63, 3.8) is 0 Å². The van der Waals surface area contributed by atoms with Crippen LogP contribution in [0.1, 0.15) is 18.2 Å². The minimum atomic E-state index is 0.851. The van der Waals surface area contributed by atoms with E-state index in [1.165, 1.54) is 5.56 Å². The smallest absolute Gasteiger partial charge is 0.0541 e. The van der Waals surface area contributed by atoms with Crippen molar-refractivity contribution in [2.24, 2.45) is 0 Å². The van der Waals surface area contributed by atoms with Crippen molar-refractivity contribution in [2.45, 2.75) is 19.9 Å². The van der Waals surface area contributed by atoms with Gasteiger partial charge in [-0.25, -0.2) is 0 Å². The van der Waals surface area contributed by atoms with Gasteiger partial charge in [-0.2, -0.15) is 0 Å². The van der Waals surface area contributed by atoms with Gasteiger partial charge in [-0.15, -0.1) is 0 Å². The van der Waals surface area contributed by atoms with Crippen molar-refractivity contribution >= 4 is 0 Å². The fraction of sp³-hybridized carbons (Fsp3) is 0.444. The fourth-order valence-electron chi connectivity index (χ4n) is 0.950. The van der Waals surface area contributed by atoms with Gasteiger partial charge in [0.15, 0.2) is 0 Å². The lowest BCUT2D eigenvalue weighted by molar-refractivity contribution is 0.789. The summed E-state index contributed by atoms with van der Waals surface area (Å²) in [4.78, 5) is 4.28. The van der Waals surface area contributed by atoms with E-state index in [0.29, 0.717) is 0 Å². The highest BCUT2D eigenvalue weighted by Crippen LogP contribution is 1.99. The quantitative estimate of drug-likeness (QED) is 0.703. The van der Waals surface area contributed by atoms with E-state index >= 15 is 0 Å². The van der Waals surface area contributed by atoms with Crippen LogP contribution in [0.2, 0.25) is 0 Å². The number of hydrogen-bond acceptors (Lipinski definition) is 2. The number of aromatic nitrogens is 1. The Labute approximate surface area is 67.7 Å². The molecule has 0 aliphatic rings. The zero-order valence-corrected chi connectivity index (χ0v) is 7.09. The Morgan fingerprint density at radius 2 is 2.27 bits per heavy atom. The number of nitrogens with zero attached hydrogens (tertiary/aromatic N) is 1. The highest BCUT2D eigenvalue weighted by molar-refractivity contribution is 5.13. The number of hydrogen-bond donors (Lipinski definition) is 1. The molecule has 0 atom stereocenters. The molecule has 1 N–H and O–H groups in total. The standard InChI is InChI=1S/C9H14N2/c1-3-8-4-5-9(7-10-2)11-6-8/h4-6,10H,3,7H2,1-2H3. The summed E-state index contributed by atoms with van der Waals surface area (Å²) < 4.78 is 0. The van der Waals surface area contributed by atoms with Gasteiger partial charge in [0.2, 0.25) is 0 Å². The van der Waals surface area contributed by atoms with Crippen LogP contribution in [0.5, 0.6) is 0 Å². The number of aryl methyl sites for hydroxylation is 1. The Balaban J connectivity index is 2.66. The minimum absolute atomic E-state index is 0.851. The molecule has 2 heteroatoms. The summed E-state index contributed by atoms with van der Waals surface area (Å²) in [6.45, 7) is 2.98. The van der Waals surface area contributed by atoms with E-state index in [2.05, 4.69) is 29.4 Å². The van der Waals surface area contributed by atoms with Crippen molar-refractivity contribution < 1.29 is 0 Å². The molecule has 0 aromatic carbocycles. The molecule has 0 saturated heterocycles. The molecule has 0 bridgehead atoms. The van der Waals surface area contributed by atoms with Crippen molar-refractivity contribution in [3.05, 3.63) is 29.6 Å². The van der Waals surface area contributed by atoms with Gasteiger partial charge >= 0.3 is 0 Å². The molecule has 0 fully saturated rings. The lowest BCUT2D eigenvalue weighted by Gasteiger charge is -1.99. The Kier molecular flexibility index (Phi) is 3.05. The lowest BCUT2D eigenvalue weighted by Crippen LogP contribution is -2.06. The van der Waals surface area contributed by atoms with Crippen LogP contribution in [-0.4, -0.2) is 12.0 Å². The Morgan fingerprint density at radius 3 is 2.73 bits per heavy atom. The monoisotopic (exact) mass is 150 g/mol. The molecule has 0 aliphatic carbocycles. The van der Waals surface area contributed by atoms with E-state index < -0.39 is 0 Å². The Bertz CT molecular complexity index is 203. The average Bonchev–Trinajstić information content (AvgIpc) is 2.07. The Hall–Kier alpha value is -0.890. The first-order chi connectivity index (χ1) is 5.36. The van der Waals surface area contributed by atoms with Crippen LogP contribution < -0.4 is 5.32 Å². The summed E-state index contributed by atoms with van der Waals surface area (Å²) in [6, 6.07) is 4.19. The molecule has 0 radical (unpaired) electrons. The average molecular weight is 150 g/mol. The third kappa shape index (κ3) is 2.31. The zero-order chi connectivity index (χ0) is 8.10. The first-order valence-electron chi connectivity index (χ1n) is 3.95. The third-order valence-electron chi connectivity index (χ3n) is 1.65. The molecule has 1 heterocycles. The van der Waals surface area contributed by atoms with Crippen LogP contribution in [0.15, 0.2) is 18.3 Å². The van der Waals surface area contributed by atoms with Crippen molar-refractivity contribution in [1.29, 1.82) is 0 Å². The van der Waals surface area contributed by atoms with E-state index in [1.807, 2.05) is 13.2 Å². The topological polar surface area (TPSA) is 24.9 Å². The fourth-order valence-corrected chi connectivity index (χ4v) is 0.950. The Morgan fingerprint density at radius 1 is 1.45 bits per heavy atom. The van der Waals surface area contributed by atoms with Crippen LogP contribution in [0, 0.1) is 0 Å². The van der Waals surface area contributed by atoms with E-state index in [1.54, 1.807) is 0 Å². The van der Waals surface area contributed by atoms with Gasteiger partial charge in [-0.05, 0) is 25.1 Å². The van der Waals surface area contributed by atoms with Gasteiger partial charge in [0.1, 0.15) is 0 Å². The summed E-state index contributed by atoms with van der Waals surface area (Å²) in [7, 11) is 1.93. The van der Waals surface area contributed by atoms with E-state index in [9.17, 15) is 0 Å². The first kappa shape index (κ1) is 8.21. The molecule has 60 valence electrons.